The molecule has 29 heavy (non-hydrogen) atoms. The molecule has 3 aromatic rings. The van der Waals surface area contributed by atoms with Crippen molar-refractivity contribution in [1.82, 2.24) is 5.32 Å². The molecule has 148 valence electrons. The van der Waals surface area contributed by atoms with Crippen molar-refractivity contribution in [2.75, 3.05) is 5.32 Å². The van der Waals surface area contributed by atoms with Gasteiger partial charge in [-0.05, 0) is 54.4 Å². The first kappa shape index (κ1) is 20.7. The van der Waals surface area contributed by atoms with E-state index >= 15 is 0 Å². The molecule has 0 bridgehead atoms. The number of thiophene rings is 1. The Bertz CT molecular complexity index is 1060. The van der Waals surface area contributed by atoms with Crippen LogP contribution < -0.4 is 16.4 Å². The molecular formula is C22H21N3O2S2. The number of nitrogens with one attached hydrogen (secondary N) is 2. The molecule has 7 heteroatoms. The minimum Gasteiger partial charge on any atom is -0.365 e. The Morgan fingerprint density at radius 3 is 2.24 bits per heavy atom. The van der Waals surface area contributed by atoms with Crippen LogP contribution in [-0.4, -0.2) is 16.9 Å². The van der Waals surface area contributed by atoms with Crippen molar-refractivity contribution in [3.63, 3.8) is 0 Å². The van der Waals surface area contributed by atoms with E-state index < -0.39 is 5.91 Å². The monoisotopic (exact) mass is 423 g/mol. The highest BCUT2D eigenvalue weighted by Crippen LogP contribution is 2.33. The first-order chi connectivity index (χ1) is 13.9. The van der Waals surface area contributed by atoms with Crippen molar-refractivity contribution in [2.45, 2.75) is 20.3 Å². The molecule has 0 unspecified atom stereocenters. The molecule has 0 aliphatic carbocycles. The second-order valence-electron chi connectivity index (χ2n) is 6.41. The maximum absolute atomic E-state index is 12.5. The molecule has 5 nitrogen and oxygen atoms in total. The third kappa shape index (κ3) is 4.70. The maximum Gasteiger partial charge on any atom is 0.257 e. The Balaban J connectivity index is 1.70. The van der Waals surface area contributed by atoms with Gasteiger partial charge >= 0.3 is 0 Å². The highest BCUT2D eigenvalue weighted by Gasteiger charge is 2.20. The summed E-state index contributed by atoms with van der Waals surface area (Å²) in [5, 5.41) is 6.27. The minimum absolute atomic E-state index is 0.119. The lowest BCUT2D eigenvalue weighted by atomic mass is 10.0. The number of nitrogens with two attached hydrogens (primary N) is 1. The maximum atomic E-state index is 12.5. The number of hydrogen-bond acceptors (Lipinski definition) is 4. The zero-order valence-electron chi connectivity index (χ0n) is 16.1. The second-order valence-corrected chi connectivity index (χ2v) is 8.04. The molecule has 2 amide bonds. The number of aryl methyl sites for hydroxylation is 1. The van der Waals surface area contributed by atoms with Crippen LogP contribution in [0.15, 0.2) is 54.6 Å². The third-order valence-electron chi connectivity index (χ3n) is 4.52. The standard InChI is InChI=1S/C22H21N3O2S2/c1-3-17-13(2)29-21(18(17)19(23)26)25-22(28)24-20(27)16-11-9-15(10-12-16)14-7-5-4-6-8-14/h4-12H,3H2,1-2H3,(H2,23,26)(H2,24,25,27,28). The molecule has 0 radical (unpaired) electrons. The number of thiocarbonyl (C=S) groups is 1. The van der Waals surface area contributed by atoms with Crippen molar-refractivity contribution in [3.8, 4) is 11.1 Å². The van der Waals surface area contributed by atoms with Crippen molar-refractivity contribution >= 4 is 45.5 Å². The van der Waals surface area contributed by atoms with Crippen LogP contribution in [0, 0.1) is 6.92 Å². The van der Waals surface area contributed by atoms with Gasteiger partial charge in [-0.15, -0.1) is 11.3 Å². The fourth-order valence-corrected chi connectivity index (χ4v) is 4.52. The molecule has 0 aliphatic heterocycles. The van der Waals surface area contributed by atoms with Crippen molar-refractivity contribution < 1.29 is 9.59 Å². The predicted octanol–water partition coefficient (Wildman–Crippen LogP) is 4.51. The van der Waals surface area contributed by atoms with Crippen LogP contribution in [0.25, 0.3) is 11.1 Å². The Labute approximate surface area is 178 Å². The predicted molar refractivity (Wildman–Crippen MR) is 123 cm³/mol. The van der Waals surface area contributed by atoms with Gasteiger partial charge in [0, 0.05) is 10.4 Å². The van der Waals surface area contributed by atoms with E-state index in [0.717, 1.165) is 21.6 Å². The second kappa shape index (κ2) is 8.98. The molecule has 0 spiro atoms. The lowest BCUT2D eigenvalue weighted by molar-refractivity contribution is 0.0975. The van der Waals surface area contributed by atoms with Gasteiger partial charge in [-0.25, -0.2) is 0 Å². The Morgan fingerprint density at radius 1 is 1.03 bits per heavy atom. The van der Waals surface area contributed by atoms with Crippen LogP contribution in [0.4, 0.5) is 5.00 Å². The van der Waals surface area contributed by atoms with E-state index in [-0.39, 0.29) is 11.0 Å². The number of primary amides is 1. The van der Waals surface area contributed by atoms with Crippen LogP contribution in [0.5, 0.6) is 0 Å². The zero-order chi connectivity index (χ0) is 21.0. The van der Waals surface area contributed by atoms with Gasteiger partial charge in [-0.3, -0.25) is 14.9 Å². The van der Waals surface area contributed by atoms with Crippen LogP contribution in [0.1, 0.15) is 38.1 Å². The van der Waals surface area contributed by atoms with E-state index in [0.29, 0.717) is 22.5 Å². The average molecular weight is 424 g/mol. The summed E-state index contributed by atoms with van der Waals surface area (Å²) >= 11 is 6.66. The molecule has 0 atom stereocenters. The minimum atomic E-state index is -0.515. The normalized spacial score (nSPS) is 10.4. The van der Waals surface area contributed by atoms with Gasteiger partial charge in [0.15, 0.2) is 5.11 Å². The van der Waals surface area contributed by atoms with Gasteiger partial charge in [0.25, 0.3) is 11.8 Å². The van der Waals surface area contributed by atoms with Gasteiger partial charge < -0.3 is 11.1 Å². The highest BCUT2D eigenvalue weighted by atomic mass is 32.1. The third-order valence-corrected chi connectivity index (χ3v) is 5.78. The molecule has 1 heterocycles. The van der Waals surface area contributed by atoms with Crippen LogP contribution >= 0.6 is 23.6 Å². The smallest absolute Gasteiger partial charge is 0.257 e. The quantitative estimate of drug-likeness (QED) is 0.527. The number of rotatable bonds is 5. The van der Waals surface area contributed by atoms with Gasteiger partial charge in [-0.1, -0.05) is 49.4 Å². The highest BCUT2D eigenvalue weighted by molar-refractivity contribution is 7.80. The SMILES string of the molecule is CCc1c(C)sc(NC(=S)NC(=O)c2ccc(-c3ccccc3)cc2)c1C(N)=O. The molecule has 0 saturated heterocycles. The molecule has 0 saturated carbocycles. The van der Waals surface area contributed by atoms with E-state index in [2.05, 4.69) is 10.6 Å². The lowest BCUT2D eigenvalue weighted by Gasteiger charge is -2.10. The number of carbonyl (C=O) groups is 2. The molecule has 2 aromatic carbocycles. The van der Waals surface area contributed by atoms with E-state index in [1.807, 2.05) is 56.3 Å². The van der Waals surface area contributed by atoms with E-state index in [1.54, 1.807) is 12.1 Å². The van der Waals surface area contributed by atoms with Crippen molar-refractivity contribution in [2.24, 2.45) is 5.73 Å². The largest absolute Gasteiger partial charge is 0.365 e. The van der Waals surface area contributed by atoms with Gasteiger partial charge in [0.1, 0.15) is 5.00 Å². The first-order valence-corrected chi connectivity index (χ1v) is 10.3. The number of carbonyl (C=O) groups excluding carboxylic acids is 2. The van der Waals surface area contributed by atoms with E-state index in [9.17, 15) is 9.59 Å². The van der Waals surface area contributed by atoms with E-state index in [4.69, 9.17) is 18.0 Å². The van der Waals surface area contributed by atoms with Gasteiger partial charge in [0.05, 0.1) is 5.56 Å². The van der Waals surface area contributed by atoms with Crippen molar-refractivity contribution in [3.05, 3.63) is 76.2 Å². The Kier molecular flexibility index (Phi) is 6.41. The molecule has 3 rings (SSSR count). The number of amides is 2. The van der Waals surface area contributed by atoms with E-state index in [1.165, 1.54) is 11.3 Å². The summed E-state index contributed by atoms with van der Waals surface area (Å²) in [6, 6.07) is 17.2. The van der Waals surface area contributed by atoms with Crippen LogP contribution in [0.3, 0.4) is 0 Å². The summed E-state index contributed by atoms with van der Waals surface area (Å²) in [6.07, 6.45) is 0.690. The molecular weight excluding hydrogens is 402 g/mol. The number of hydrogen-bond donors (Lipinski definition) is 3. The Hall–Kier alpha value is -3.03. The summed E-state index contributed by atoms with van der Waals surface area (Å²) in [5.41, 5.74) is 9.45. The fraction of sp³-hybridized carbons (Fsp3) is 0.136. The summed E-state index contributed by atoms with van der Waals surface area (Å²) in [6.45, 7) is 3.89. The molecule has 1 aromatic heterocycles. The van der Waals surface area contributed by atoms with Gasteiger partial charge in [0.2, 0.25) is 0 Å². The summed E-state index contributed by atoms with van der Waals surface area (Å²) in [7, 11) is 0. The summed E-state index contributed by atoms with van der Waals surface area (Å²) in [4.78, 5) is 25.4. The molecule has 0 aliphatic rings. The van der Waals surface area contributed by atoms with Crippen LogP contribution in [-0.2, 0) is 6.42 Å². The topological polar surface area (TPSA) is 84.2 Å². The number of benzene rings is 2. The summed E-state index contributed by atoms with van der Waals surface area (Å²) in [5.74, 6) is -0.842. The molecule has 4 N–H and O–H groups in total. The lowest BCUT2D eigenvalue weighted by Crippen LogP contribution is -2.34. The zero-order valence-corrected chi connectivity index (χ0v) is 17.7. The summed E-state index contributed by atoms with van der Waals surface area (Å²) < 4.78 is 0. The van der Waals surface area contributed by atoms with Crippen LogP contribution in [0.2, 0.25) is 0 Å². The molecule has 0 fully saturated rings. The van der Waals surface area contributed by atoms with Crippen molar-refractivity contribution in [1.29, 1.82) is 0 Å². The Morgan fingerprint density at radius 2 is 1.66 bits per heavy atom. The first-order valence-electron chi connectivity index (χ1n) is 9.10. The average Bonchev–Trinajstić information content (AvgIpc) is 3.03. The van der Waals surface area contributed by atoms with Gasteiger partial charge in [-0.2, -0.15) is 0 Å². The number of anilines is 1. The fourth-order valence-electron chi connectivity index (χ4n) is 3.11.